The number of hydrogen-bond acceptors (Lipinski definition) is 8. The molecule has 4 aromatic rings. The van der Waals surface area contributed by atoms with Crippen LogP contribution in [0.5, 0.6) is 5.75 Å². The summed E-state index contributed by atoms with van der Waals surface area (Å²) in [5.41, 5.74) is 5.41. The number of para-hydroxylation sites is 1. The smallest absolute Gasteiger partial charge is 0.375 e. The molecule has 0 saturated carbocycles. The Hall–Kier alpha value is -4.25. The highest BCUT2D eigenvalue weighted by molar-refractivity contribution is 6.04. The molecule has 5 rings (SSSR count). The first-order valence-corrected chi connectivity index (χ1v) is 14.4. The fourth-order valence-corrected chi connectivity index (χ4v) is 5.16. The molecule has 0 amide bonds. The number of nitrogens with zero attached hydrogens (tertiary/aromatic N) is 2. The number of carbonyl (C=O) groups excluding carboxylic acids is 1. The number of halogens is 1. The number of ether oxygens (including phenoxy) is 2. The maximum atomic E-state index is 13.0. The van der Waals surface area contributed by atoms with Crippen LogP contribution in [0.2, 0.25) is 0 Å². The first kappa shape index (κ1) is 30.7. The van der Waals surface area contributed by atoms with Crippen LogP contribution in [-0.4, -0.2) is 36.6 Å². The second kappa shape index (κ2) is 14.1. The number of anilines is 1. The van der Waals surface area contributed by atoms with Crippen molar-refractivity contribution < 1.29 is 47.8 Å². The second-order valence-corrected chi connectivity index (χ2v) is 10.0. The van der Waals surface area contributed by atoms with Gasteiger partial charge in [-0.3, -0.25) is 0 Å². The lowest BCUT2D eigenvalue weighted by Gasteiger charge is -2.26. The summed E-state index contributed by atoms with van der Waals surface area (Å²) in [6.45, 7) is 2.27. The third-order valence-electron chi connectivity index (χ3n) is 6.70. The zero-order chi connectivity index (χ0) is 30.1. The average Bonchev–Trinajstić information content (AvgIpc) is 3.32. The van der Waals surface area contributed by atoms with Crippen molar-refractivity contribution in [2.24, 2.45) is 0 Å². The molecule has 1 aliphatic heterocycles. The fraction of sp³-hybridized carbons (Fsp3) is 0.188. The van der Waals surface area contributed by atoms with E-state index in [1.165, 1.54) is 5.56 Å². The van der Waals surface area contributed by atoms with Gasteiger partial charge >= 0.3 is 5.97 Å². The normalized spacial score (nSPS) is 16.5. The summed E-state index contributed by atoms with van der Waals surface area (Å²) in [6.07, 6.45) is 0. The number of carbonyl (C=O) groups is 1. The van der Waals surface area contributed by atoms with E-state index in [1.54, 1.807) is 7.11 Å². The summed E-state index contributed by atoms with van der Waals surface area (Å²) in [6, 6.07) is 39.3. The number of hydrogen-bond donors (Lipinski definition) is 0. The molecule has 2 unspecified atom stereocenters. The Kier molecular flexibility index (Phi) is 10.3. The van der Waals surface area contributed by atoms with Gasteiger partial charge in [-0.25, -0.2) is 23.4 Å². The number of hydrazine groups is 1. The fourth-order valence-electron chi connectivity index (χ4n) is 5.16. The summed E-state index contributed by atoms with van der Waals surface area (Å²) in [5, 5.41) is 2.25. The van der Waals surface area contributed by atoms with Crippen molar-refractivity contribution in [1.29, 1.82) is 0 Å². The number of methoxy groups -OCH3 is 1. The molecule has 10 heteroatoms. The van der Waals surface area contributed by atoms with Crippen molar-refractivity contribution in [3.8, 4) is 5.75 Å². The first-order chi connectivity index (χ1) is 20.2. The molecule has 0 spiro atoms. The highest BCUT2D eigenvalue weighted by atomic mass is 35.7. The van der Waals surface area contributed by atoms with Gasteiger partial charge in [0.05, 0.1) is 19.4 Å². The molecule has 0 aliphatic carbocycles. The van der Waals surface area contributed by atoms with E-state index in [1.807, 2.05) is 49.4 Å². The molecule has 9 nitrogen and oxygen atoms in total. The molecule has 42 heavy (non-hydrogen) atoms. The van der Waals surface area contributed by atoms with Gasteiger partial charge in [-0.05, 0) is 54.4 Å². The minimum absolute atomic E-state index is 0.0494. The molecule has 4 aromatic carbocycles. The number of hydrazone groups is 1. The van der Waals surface area contributed by atoms with Gasteiger partial charge in [0.1, 0.15) is 17.7 Å². The SMILES string of the molecule is CCOC(=O)C[N+]1=C(c2ccc(OC)cc2)C(c2ccccc2)C(c2ccccc2)N1c1ccccc1.[O-][Cl+3]([O-])([O-])[O-]. The van der Waals surface area contributed by atoms with Crippen LogP contribution in [0.25, 0.3) is 0 Å². The monoisotopic (exact) mass is 590 g/mol. The lowest BCUT2D eigenvalue weighted by atomic mass is 9.82. The molecular formula is C32H31ClN2O7. The van der Waals surface area contributed by atoms with E-state index >= 15 is 0 Å². The summed E-state index contributed by atoms with van der Waals surface area (Å²) >= 11 is 0. The summed E-state index contributed by atoms with van der Waals surface area (Å²) in [5.74, 6) is 0.469. The van der Waals surface area contributed by atoms with Gasteiger partial charge in [0.15, 0.2) is 0 Å². The third-order valence-corrected chi connectivity index (χ3v) is 6.70. The molecule has 218 valence electrons. The molecule has 0 saturated heterocycles. The Bertz CT molecular complexity index is 1460. The van der Waals surface area contributed by atoms with Crippen molar-refractivity contribution in [1.82, 2.24) is 0 Å². The van der Waals surface area contributed by atoms with Gasteiger partial charge in [0.2, 0.25) is 5.71 Å². The van der Waals surface area contributed by atoms with Gasteiger partial charge in [-0.1, -0.05) is 83.5 Å². The molecule has 1 heterocycles. The largest absolute Gasteiger partial charge is 0.497 e. The number of esters is 1. The van der Waals surface area contributed by atoms with Crippen LogP contribution in [0.15, 0.2) is 115 Å². The van der Waals surface area contributed by atoms with Gasteiger partial charge in [0.25, 0.3) is 6.54 Å². The highest BCUT2D eigenvalue weighted by Gasteiger charge is 2.51. The molecular weight excluding hydrogens is 560 g/mol. The van der Waals surface area contributed by atoms with Crippen molar-refractivity contribution in [3.63, 3.8) is 0 Å². The second-order valence-electron chi connectivity index (χ2n) is 9.28. The first-order valence-electron chi connectivity index (χ1n) is 13.2. The Morgan fingerprint density at radius 3 is 1.79 bits per heavy atom. The van der Waals surface area contributed by atoms with Crippen LogP contribution in [-0.2, 0) is 9.53 Å². The maximum Gasteiger partial charge on any atom is 0.375 e. The van der Waals surface area contributed by atoms with Gasteiger partial charge < -0.3 is 9.47 Å². The van der Waals surface area contributed by atoms with E-state index in [2.05, 4.69) is 82.5 Å². The summed E-state index contributed by atoms with van der Waals surface area (Å²) in [4.78, 5) is 13.0. The highest BCUT2D eigenvalue weighted by Crippen LogP contribution is 2.45. The van der Waals surface area contributed by atoms with Crippen molar-refractivity contribution in [2.75, 3.05) is 25.3 Å². The molecule has 1 aliphatic rings. The topological polar surface area (TPSA) is 134 Å². The Morgan fingerprint density at radius 1 is 0.786 bits per heavy atom. The lowest BCUT2D eigenvalue weighted by Crippen LogP contribution is -2.68. The predicted molar refractivity (Wildman–Crippen MR) is 146 cm³/mol. The lowest BCUT2D eigenvalue weighted by molar-refractivity contribution is -2.00. The van der Waals surface area contributed by atoms with Crippen molar-refractivity contribution in [3.05, 3.63) is 132 Å². The molecule has 2 atom stereocenters. The minimum Gasteiger partial charge on any atom is -0.497 e. The van der Waals surface area contributed by atoms with E-state index in [0.29, 0.717) is 6.61 Å². The minimum atomic E-state index is -4.94. The Labute approximate surface area is 246 Å². The maximum absolute atomic E-state index is 13.0. The summed E-state index contributed by atoms with van der Waals surface area (Å²) < 4.78 is 47.0. The van der Waals surface area contributed by atoms with E-state index in [-0.39, 0.29) is 24.5 Å². The van der Waals surface area contributed by atoms with Crippen LogP contribution >= 0.6 is 0 Å². The van der Waals surface area contributed by atoms with Gasteiger partial charge in [-0.15, -0.1) is 15.3 Å². The zero-order valence-corrected chi connectivity index (χ0v) is 23.9. The molecule has 0 aromatic heterocycles. The zero-order valence-electron chi connectivity index (χ0n) is 23.2. The average molecular weight is 591 g/mol. The molecule has 0 N–H and O–H groups in total. The standard InChI is InChI=1S/C32H31N2O3.ClHO4/c1-3-37-29(35)23-33-31(26-19-21-28(36-2)22-20-26)30(24-13-7-4-8-14-24)32(25-15-9-5-10-16-25)34(33)27-17-11-6-12-18-27;2-1(3,4)5/h4-22,30,32H,3,23H2,1-2H3;(H,2,3,4,5)/q+1;/p-1. The van der Waals surface area contributed by atoms with Crippen molar-refractivity contribution >= 4 is 17.4 Å². The van der Waals surface area contributed by atoms with Crippen LogP contribution in [0, 0.1) is 10.2 Å². The molecule has 0 radical (unpaired) electrons. The van der Waals surface area contributed by atoms with Crippen LogP contribution in [0.3, 0.4) is 0 Å². The number of rotatable bonds is 8. The quantitative estimate of drug-likeness (QED) is 0.221. The van der Waals surface area contributed by atoms with E-state index in [0.717, 1.165) is 28.3 Å². The molecule has 0 bridgehead atoms. The Morgan fingerprint density at radius 2 is 1.29 bits per heavy atom. The van der Waals surface area contributed by atoms with E-state index < -0.39 is 10.2 Å². The van der Waals surface area contributed by atoms with Gasteiger partial charge in [0, 0.05) is 5.56 Å². The third kappa shape index (κ3) is 7.73. The van der Waals surface area contributed by atoms with E-state index in [4.69, 9.17) is 28.1 Å². The van der Waals surface area contributed by atoms with Crippen molar-refractivity contribution in [2.45, 2.75) is 18.9 Å². The van der Waals surface area contributed by atoms with Crippen LogP contribution < -0.4 is 28.4 Å². The van der Waals surface area contributed by atoms with E-state index in [9.17, 15) is 4.79 Å². The summed E-state index contributed by atoms with van der Waals surface area (Å²) in [7, 11) is -3.28. The van der Waals surface area contributed by atoms with Crippen LogP contribution in [0.4, 0.5) is 5.69 Å². The predicted octanol–water partition coefficient (Wildman–Crippen LogP) is 1.26. The van der Waals surface area contributed by atoms with Gasteiger partial charge in [-0.2, -0.15) is 0 Å². The Balaban J connectivity index is 0.000000748. The molecule has 0 fully saturated rings. The number of benzene rings is 4. The van der Waals surface area contributed by atoms with Crippen LogP contribution in [0.1, 0.15) is 35.6 Å².